The highest BCUT2D eigenvalue weighted by Gasteiger charge is 2.14. The van der Waals surface area contributed by atoms with Crippen LogP contribution >= 0.6 is 11.3 Å². The first-order valence-electron chi connectivity index (χ1n) is 7.13. The summed E-state index contributed by atoms with van der Waals surface area (Å²) in [6.45, 7) is 2.42. The fourth-order valence-corrected chi connectivity index (χ4v) is 2.69. The van der Waals surface area contributed by atoms with Crippen molar-refractivity contribution in [1.29, 1.82) is 0 Å². The van der Waals surface area contributed by atoms with Crippen molar-refractivity contribution in [1.82, 2.24) is 30.4 Å². The summed E-state index contributed by atoms with van der Waals surface area (Å²) in [4.78, 5) is 12.3. The van der Waals surface area contributed by atoms with Gasteiger partial charge in [-0.05, 0) is 35.0 Å². The van der Waals surface area contributed by atoms with Crippen LogP contribution in [0.25, 0.3) is 0 Å². The molecule has 0 saturated heterocycles. The number of hydrogen-bond donors (Lipinski definition) is 1. The van der Waals surface area contributed by atoms with Crippen LogP contribution in [-0.2, 0) is 11.3 Å². The molecule has 0 bridgehead atoms. The van der Waals surface area contributed by atoms with Crippen LogP contribution in [0.2, 0.25) is 0 Å². The van der Waals surface area contributed by atoms with Gasteiger partial charge in [0.2, 0.25) is 5.13 Å². The lowest BCUT2D eigenvalue weighted by atomic mass is 10.1. The number of nitrogens with one attached hydrogen (secondary N) is 1. The van der Waals surface area contributed by atoms with Crippen molar-refractivity contribution in [3.63, 3.8) is 0 Å². The number of benzene rings is 1. The number of anilines is 1. The highest BCUT2D eigenvalue weighted by molar-refractivity contribution is 7.15. The molecule has 0 aliphatic rings. The monoisotopic (exact) mass is 345 g/mol. The number of aromatic nitrogens is 6. The normalized spacial score (nSPS) is 12.1. The molecule has 1 unspecified atom stereocenters. The van der Waals surface area contributed by atoms with Gasteiger partial charge in [0, 0.05) is 12.7 Å². The molecule has 0 saturated carbocycles. The fraction of sp³-hybridized carbons (Fsp3) is 0.286. The maximum absolute atomic E-state index is 12.3. The average molecular weight is 345 g/mol. The predicted molar refractivity (Wildman–Crippen MR) is 86.6 cm³/mol. The van der Waals surface area contributed by atoms with Gasteiger partial charge in [-0.25, -0.2) is 4.68 Å². The van der Waals surface area contributed by atoms with Crippen LogP contribution in [0, 0.1) is 0 Å². The Morgan fingerprint density at radius 3 is 2.79 bits per heavy atom. The zero-order valence-corrected chi connectivity index (χ0v) is 13.9. The van der Waals surface area contributed by atoms with Gasteiger partial charge in [-0.2, -0.15) is 0 Å². The Bertz CT molecular complexity index is 801. The average Bonchev–Trinajstić information content (AvgIpc) is 3.27. The zero-order valence-electron chi connectivity index (χ0n) is 13.1. The van der Waals surface area contributed by atoms with E-state index in [1.54, 1.807) is 23.9 Å². The highest BCUT2D eigenvalue weighted by Crippen LogP contribution is 2.23. The Morgan fingerprint density at radius 2 is 2.12 bits per heavy atom. The van der Waals surface area contributed by atoms with Crippen LogP contribution in [-0.4, -0.2) is 43.4 Å². The quantitative estimate of drug-likeness (QED) is 0.722. The molecule has 0 aliphatic heterocycles. The lowest BCUT2D eigenvalue weighted by Crippen LogP contribution is -2.11. The number of hydrogen-bond acceptors (Lipinski definition) is 8. The molecule has 1 aromatic carbocycles. The number of ether oxygens (including phenoxy) is 1. The van der Waals surface area contributed by atoms with Crippen molar-refractivity contribution in [2.45, 2.75) is 19.6 Å². The minimum Gasteiger partial charge on any atom is -0.374 e. The van der Waals surface area contributed by atoms with Crippen molar-refractivity contribution < 1.29 is 9.53 Å². The lowest BCUT2D eigenvalue weighted by Gasteiger charge is -2.04. The predicted octanol–water partition coefficient (Wildman–Crippen LogP) is 1.53. The minimum absolute atomic E-state index is 0.154. The second-order valence-electron chi connectivity index (χ2n) is 4.98. The van der Waals surface area contributed by atoms with E-state index in [-0.39, 0.29) is 12.0 Å². The van der Waals surface area contributed by atoms with E-state index < -0.39 is 0 Å². The van der Waals surface area contributed by atoms with E-state index in [2.05, 4.69) is 31.0 Å². The molecule has 124 valence electrons. The van der Waals surface area contributed by atoms with E-state index in [1.165, 1.54) is 17.7 Å². The third-order valence-corrected chi connectivity index (χ3v) is 4.31. The molecule has 3 rings (SSSR count). The zero-order chi connectivity index (χ0) is 16.9. The summed E-state index contributed by atoms with van der Waals surface area (Å²) in [5.74, 6) is -0.239. The second kappa shape index (κ2) is 7.23. The van der Waals surface area contributed by atoms with Gasteiger partial charge in [0.25, 0.3) is 5.91 Å². The molecule has 2 aromatic heterocycles. The van der Waals surface area contributed by atoms with E-state index in [9.17, 15) is 4.79 Å². The van der Waals surface area contributed by atoms with Crippen LogP contribution in [0.1, 0.15) is 34.0 Å². The molecule has 1 N–H and O–H groups in total. The molecular weight excluding hydrogens is 330 g/mol. The number of carbonyl (C=O) groups is 1. The molecule has 0 radical (unpaired) electrons. The summed E-state index contributed by atoms with van der Waals surface area (Å²) in [5.41, 5.74) is 1.53. The summed E-state index contributed by atoms with van der Waals surface area (Å²) in [5, 5.41) is 22.8. The van der Waals surface area contributed by atoms with E-state index in [0.717, 1.165) is 5.56 Å². The van der Waals surface area contributed by atoms with Gasteiger partial charge in [0.15, 0.2) is 0 Å². The van der Waals surface area contributed by atoms with Crippen LogP contribution < -0.4 is 5.32 Å². The summed E-state index contributed by atoms with van der Waals surface area (Å²) in [7, 11) is 1.60. The number of methoxy groups -OCH3 is 1. The molecular formula is C14H15N7O2S. The summed E-state index contributed by atoms with van der Waals surface area (Å²) < 4.78 is 6.78. The largest absolute Gasteiger partial charge is 0.374 e. The van der Waals surface area contributed by atoms with E-state index in [1.807, 2.05) is 19.1 Å². The van der Waals surface area contributed by atoms with Gasteiger partial charge in [-0.3, -0.25) is 10.1 Å². The van der Waals surface area contributed by atoms with Crippen molar-refractivity contribution in [3.8, 4) is 0 Å². The van der Waals surface area contributed by atoms with E-state index in [4.69, 9.17) is 4.74 Å². The van der Waals surface area contributed by atoms with Crippen LogP contribution in [0.15, 0.2) is 30.6 Å². The van der Waals surface area contributed by atoms with Gasteiger partial charge in [0.05, 0.1) is 6.54 Å². The SMILES string of the molecule is COC(C)c1nnc(NC(=O)c2ccc(Cn3cnnn3)cc2)s1. The first-order chi connectivity index (χ1) is 11.7. The topological polar surface area (TPSA) is 108 Å². The molecule has 3 aromatic rings. The molecule has 1 amide bonds. The van der Waals surface area contributed by atoms with Crippen molar-refractivity contribution >= 4 is 22.4 Å². The summed E-state index contributed by atoms with van der Waals surface area (Å²) in [6.07, 6.45) is 1.38. The second-order valence-corrected chi connectivity index (χ2v) is 5.99. The number of rotatable bonds is 6. The van der Waals surface area contributed by atoms with Gasteiger partial charge in [0.1, 0.15) is 17.4 Å². The van der Waals surface area contributed by atoms with Crippen LogP contribution in [0.4, 0.5) is 5.13 Å². The minimum atomic E-state index is -0.239. The maximum Gasteiger partial charge on any atom is 0.257 e. The maximum atomic E-state index is 12.3. The van der Waals surface area contributed by atoms with Crippen molar-refractivity contribution in [2.24, 2.45) is 0 Å². The Labute approximate surface area is 141 Å². The van der Waals surface area contributed by atoms with Gasteiger partial charge in [-0.15, -0.1) is 15.3 Å². The summed E-state index contributed by atoms with van der Waals surface area (Å²) >= 11 is 1.29. The Hall–Kier alpha value is -2.72. The molecule has 24 heavy (non-hydrogen) atoms. The fourth-order valence-electron chi connectivity index (χ4n) is 1.92. The Morgan fingerprint density at radius 1 is 1.33 bits per heavy atom. The van der Waals surface area contributed by atoms with Crippen molar-refractivity contribution in [3.05, 3.63) is 46.7 Å². The number of nitrogens with zero attached hydrogens (tertiary/aromatic N) is 6. The molecule has 1 atom stereocenters. The third kappa shape index (κ3) is 3.78. The molecule has 2 heterocycles. The standard InChI is InChI=1S/C14H15N7O2S/c1-9(23-2)13-17-18-14(24-13)16-12(22)11-5-3-10(4-6-11)7-21-8-15-19-20-21/h3-6,8-9H,7H2,1-2H3,(H,16,18,22). The molecule has 10 heteroatoms. The van der Waals surface area contributed by atoms with Crippen LogP contribution in [0.3, 0.4) is 0 Å². The molecule has 0 spiro atoms. The smallest absolute Gasteiger partial charge is 0.257 e. The Kier molecular flexibility index (Phi) is 4.87. The number of carbonyl (C=O) groups excluding carboxylic acids is 1. The summed E-state index contributed by atoms with van der Waals surface area (Å²) in [6, 6.07) is 7.20. The molecule has 0 fully saturated rings. The number of amides is 1. The van der Waals surface area contributed by atoms with Crippen LogP contribution in [0.5, 0.6) is 0 Å². The molecule has 9 nitrogen and oxygen atoms in total. The first kappa shape index (κ1) is 16.1. The van der Waals surface area contributed by atoms with Gasteiger partial charge in [-0.1, -0.05) is 23.5 Å². The third-order valence-electron chi connectivity index (χ3n) is 3.31. The van der Waals surface area contributed by atoms with Crippen molar-refractivity contribution in [2.75, 3.05) is 12.4 Å². The van der Waals surface area contributed by atoms with Gasteiger partial charge < -0.3 is 4.74 Å². The van der Waals surface area contributed by atoms with E-state index >= 15 is 0 Å². The van der Waals surface area contributed by atoms with E-state index in [0.29, 0.717) is 22.2 Å². The van der Waals surface area contributed by atoms with Gasteiger partial charge >= 0.3 is 0 Å². The lowest BCUT2D eigenvalue weighted by molar-refractivity contribution is 0.102. The first-order valence-corrected chi connectivity index (χ1v) is 7.94. The molecule has 0 aliphatic carbocycles. The Balaban J connectivity index is 1.63. The number of tetrazole rings is 1. The highest BCUT2D eigenvalue weighted by atomic mass is 32.1.